The normalized spacial score (nSPS) is 13.6. The van der Waals surface area contributed by atoms with Gasteiger partial charge in [-0.05, 0) is 27.7 Å². The summed E-state index contributed by atoms with van der Waals surface area (Å²) >= 11 is 0. The van der Waals surface area contributed by atoms with E-state index in [0.29, 0.717) is 0 Å². The van der Waals surface area contributed by atoms with E-state index < -0.39 is 26.0 Å². The van der Waals surface area contributed by atoms with E-state index in [1.54, 1.807) is 27.7 Å². The van der Waals surface area contributed by atoms with Crippen LogP contribution in [0.25, 0.3) is 0 Å². The molecule has 1 rings (SSSR count). The minimum absolute atomic E-state index is 0.00196. The lowest BCUT2D eigenvalue weighted by atomic mass is 10.4. The number of hydrogen-bond donors (Lipinski definition) is 2. The maximum atomic E-state index is 12.7. The molecule has 11 heteroatoms. The second-order valence-corrected chi connectivity index (χ2v) is 7.57. The standard InChI is InChI=1S/C13H25N4O6P/c1-9(2)22-24(20,23-10(3)4)8-21-11(7-18)6-17-13(19)16-12(14)5-15-17/h5,9-11,18H,6-8H2,1-4H3,(H2,14,16,19)/t11-/m0/s1. The Balaban J connectivity index is 2.75. The number of nitrogens with zero attached hydrogens (tertiary/aromatic N) is 3. The summed E-state index contributed by atoms with van der Waals surface area (Å²) in [5.74, 6) is -0.00196. The van der Waals surface area contributed by atoms with Crippen LogP contribution >= 0.6 is 7.60 Å². The molecule has 0 aromatic carbocycles. The number of nitrogen functional groups attached to an aromatic ring is 1. The predicted octanol–water partition coefficient (Wildman–Crippen LogP) is 0.599. The number of hydrogen-bond acceptors (Lipinski definition) is 9. The summed E-state index contributed by atoms with van der Waals surface area (Å²) in [6.45, 7) is 6.41. The Morgan fingerprint density at radius 2 is 1.88 bits per heavy atom. The van der Waals surface area contributed by atoms with Crippen LogP contribution in [-0.2, 0) is 24.9 Å². The summed E-state index contributed by atoms with van der Waals surface area (Å²) in [4.78, 5) is 15.2. The molecule has 3 N–H and O–H groups in total. The first-order chi connectivity index (χ1) is 11.1. The first-order valence-corrected chi connectivity index (χ1v) is 9.26. The molecule has 0 unspecified atom stereocenters. The Labute approximate surface area is 140 Å². The summed E-state index contributed by atoms with van der Waals surface area (Å²) in [5.41, 5.74) is 4.69. The molecular formula is C13H25N4O6P. The molecule has 24 heavy (non-hydrogen) atoms. The lowest BCUT2D eigenvalue weighted by Crippen LogP contribution is -2.34. The Kier molecular flexibility index (Phi) is 7.98. The van der Waals surface area contributed by atoms with Crippen molar-refractivity contribution in [2.75, 3.05) is 18.7 Å². The van der Waals surface area contributed by atoms with Crippen LogP contribution in [0.5, 0.6) is 0 Å². The molecule has 0 amide bonds. The van der Waals surface area contributed by atoms with E-state index >= 15 is 0 Å². The van der Waals surface area contributed by atoms with Crippen LogP contribution in [0, 0.1) is 0 Å². The van der Waals surface area contributed by atoms with Gasteiger partial charge in [0.1, 0.15) is 18.3 Å². The summed E-state index contributed by atoms with van der Waals surface area (Å²) in [6, 6.07) is 0. The van der Waals surface area contributed by atoms with Crippen LogP contribution in [-0.4, -0.2) is 51.1 Å². The van der Waals surface area contributed by atoms with Crippen LogP contribution in [0.3, 0.4) is 0 Å². The molecule has 0 bridgehead atoms. The fourth-order valence-corrected chi connectivity index (χ4v) is 3.63. The number of rotatable bonds is 10. The van der Waals surface area contributed by atoms with Crippen molar-refractivity contribution in [1.29, 1.82) is 0 Å². The van der Waals surface area contributed by atoms with E-state index in [1.807, 2.05) is 0 Å². The molecule has 0 spiro atoms. The first kappa shape index (κ1) is 20.7. The molecule has 0 aliphatic carbocycles. The number of nitrogens with two attached hydrogens (primary N) is 1. The molecule has 138 valence electrons. The van der Waals surface area contributed by atoms with Crippen LogP contribution in [0.4, 0.5) is 5.82 Å². The van der Waals surface area contributed by atoms with Gasteiger partial charge in [-0.1, -0.05) is 0 Å². The molecule has 1 atom stereocenters. The molecule has 0 fully saturated rings. The van der Waals surface area contributed by atoms with E-state index in [0.717, 1.165) is 4.68 Å². The fraction of sp³-hybridized carbons (Fsp3) is 0.769. The van der Waals surface area contributed by atoms with Gasteiger partial charge < -0.3 is 24.6 Å². The molecule has 0 aliphatic heterocycles. The van der Waals surface area contributed by atoms with Gasteiger partial charge in [-0.3, -0.25) is 4.57 Å². The number of ether oxygens (including phenoxy) is 1. The maximum absolute atomic E-state index is 12.7. The Bertz CT molecular complexity index is 607. The topological polar surface area (TPSA) is 139 Å². The molecule has 0 saturated carbocycles. The lowest BCUT2D eigenvalue weighted by Gasteiger charge is -2.24. The van der Waals surface area contributed by atoms with E-state index in [-0.39, 0.29) is 30.9 Å². The number of aromatic nitrogens is 3. The monoisotopic (exact) mass is 364 g/mol. The van der Waals surface area contributed by atoms with Gasteiger partial charge in [0.25, 0.3) is 0 Å². The van der Waals surface area contributed by atoms with Gasteiger partial charge in [0.05, 0.1) is 31.6 Å². The average molecular weight is 364 g/mol. The van der Waals surface area contributed by atoms with Crippen LogP contribution in [0.1, 0.15) is 27.7 Å². The quantitative estimate of drug-likeness (QED) is 0.571. The average Bonchev–Trinajstić information content (AvgIpc) is 2.43. The third-order valence-electron chi connectivity index (χ3n) is 2.57. The van der Waals surface area contributed by atoms with Crippen LogP contribution in [0.15, 0.2) is 11.0 Å². The van der Waals surface area contributed by atoms with E-state index in [4.69, 9.17) is 19.5 Å². The van der Waals surface area contributed by atoms with Gasteiger partial charge in [0.2, 0.25) is 0 Å². The van der Waals surface area contributed by atoms with Crippen molar-refractivity contribution in [2.24, 2.45) is 0 Å². The van der Waals surface area contributed by atoms with E-state index in [2.05, 4.69) is 10.1 Å². The third-order valence-corrected chi connectivity index (χ3v) is 4.52. The second kappa shape index (κ2) is 9.24. The van der Waals surface area contributed by atoms with Gasteiger partial charge in [0.15, 0.2) is 0 Å². The second-order valence-electron chi connectivity index (χ2n) is 5.67. The van der Waals surface area contributed by atoms with Gasteiger partial charge in [0, 0.05) is 0 Å². The predicted molar refractivity (Wildman–Crippen MR) is 87.6 cm³/mol. The van der Waals surface area contributed by atoms with Crippen molar-refractivity contribution in [3.05, 3.63) is 16.7 Å². The lowest BCUT2D eigenvalue weighted by molar-refractivity contribution is 0.00783. The summed E-state index contributed by atoms with van der Waals surface area (Å²) < 4.78 is 29.8. The molecule has 0 radical (unpaired) electrons. The Morgan fingerprint density at radius 3 is 2.33 bits per heavy atom. The molecule has 10 nitrogen and oxygen atoms in total. The molecular weight excluding hydrogens is 339 g/mol. The zero-order valence-corrected chi connectivity index (χ0v) is 15.2. The largest absolute Gasteiger partial charge is 0.394 e. The summed E-state index contributed by atoms with van der Waals surface area (Å²) in [7, 11) is -3.50. The van der Waals surface area contributed by atoms with Gasteiger partial charge >= 0.3 is 13.3 Å². The summed E-state index contributed by atoms with van der Waals surface area (Å²) in [5, 5.41) is 13.2. The molecule has 1 aromatic heterocycles. The minimum Gasteiger partial charge on any atom is -0.394 e. The van der Waals surface area contributed by atoms with Gasteiger partial charge in [-0.25, -0.2) is 9.48 Å². The SMILES string of the molecule is CC(C)OP(=O)(CO[C@H](CO)Cn1ncc(N)nc1=O)OC(C)C. The van der Waals surface area contributed by atoms with E-state index in [1.165, 1.54) is 6.20 Å². The molecule has 1 heterocycles. The first-order valence-electron chi connectivity index (χ1n) is 7.53. The number of aliphatic hydroxyl groups excluding tert-OH is 1. The third kappa shape index (κ3) is 7.06. The van der Waals surface area contributed by atoms with Crippen molar-refractivity contribution < 1.29 is 23.5 Å². The van der Waals surface area contributed by atoms with Crippen molar-refractivity contribution in [2.45, 2.75) is 52.6 Å². The van der Waals surface area contributed by atoms with E-state index in [9.17, 15) is 14.5 Å². The van der Waals surface area contributed by atoms with Crippen molar-refractivity contribution in [3.63, 3.8) is 0 Å². The van der Waals surface area contributed by atoms with Crippen LogP contribution < -0.4 is 11.4 Å². The highest BCUT2D eigenvalue weighted by molar-refractivity contribution is 7.53. The Hall–Kier alpha value is -1.32. The highest BCUT2D eigenvalue weighted by Crippen LogP contribution is 2.50. The molecule has 0 aliphatic rings. The highest BCUT2D eigenvalue weighted by atomic mass is 31.2. The number of anilines is 1. The molecule has 0 saturated heterocycles. The summed E-state index contributed by atoms with van der Waals surface area (Å²) in [6.07, 6.45) is -0.621. The van der Waals surface area contributed by atoms with Gasteiger partial charge in [-0.15, -0.1) is 0 Å². The van der Waals surface area contributed by atoms with Crippen LogP contribution in [0.2, 0.25) is 0 Å². The zero-order chi connectivity index (χ0) is 18.3. The van der Waals surface area contributed by atoms with Crippen molar-refractivity contribution >= 4 is 13.4 Å². The smallest absolute Gasteiger partial charge is 0.366 e. The van der Waals surface area contributed by atoms with Gasteiger partial charge in [-0.2, -0.15) is 10.1 Å². The minimum atomic E-state index is -3.50. The number of aliphatic hydroxyl groups is 1. The molecule has 1 aromatic rings. The van der Waals surface area contributed by atoms with Crippen molar-refractivity contribution in [1.82, 2.24) is 14.8 Å². The van der Waals surface area contributed by atoms with Crippen molar-refractivity contribution in [3.8, 4) is 0 Å². The zero-order valence-electron chi connectivity index (χ0n) is 14.3. The fourth-order valence-electron chi connectivity index (χ4n) is 1.78. The Morgan fingerprint density at radius 1 is 1.29 bits per heavy atom. The highest BCUT2D eigenvalue weighted by Gasteiger charge is 2.29. The maximum Gasteiger partial charge on any atom is 0.366 e.